The van der Waals surface area contributed by atoms with Crippen molar-refractivity contribution in [2.24, 2.45) is 0 Å². The number of hydrogen-bond donors (Lipinski definition) is 1. The molecule has 3 rings (SSSR count). The standard InChI is InChI=1S/C31H39N3O5S/c1-6-24(3)32-31(36)28(20-25-12-8-7-9-13-25)33(21-26-18-16-23(2)17-19-26)30(35)22-34(40(5,37)38)27-14-10-11-15-29(27)39-4/h7-19,24,28H,6,20-22H2,1-5H3,(H,32,36)/t24-,28+/m1/s1. The van der Waals surface area contributed by atoms with Crippen molar-refractivity contribution in [2.75, 3.05) is 24.2 Å². The second kappa shape index (κ2) is 14.0. The molecule has 0 bridgehead atoms. The van der Waals surface area contributed by atoms with Crippen LogP contribution < -0.4 is 14.4 Å². The number of methoxy groups -OCH3 is 1. The largest absolute Gasteiger partial charge is 0.495 e. The molecule has 2 amide bonds. The molecule has 0 heterocycles. The second-order valence-electron chi connectivity index (χ2n) is 9.97. The first-order valence-corrected chi connectivity index (χ1v) is 15.2. The Morgan fingerprint density at radius 3 is 2.15 bits per heavy atom. The molecule has 3 aromatic carbocycles. The Labute approximate surface area is 238 Å². The number of hydrogen-bond acceptors (Lipinski definition) is 5. The van der Waals surface area contributed by atoms with E-state index in [1.807, 2.05) is 75.4 Å². The Balaban J connectivity index is 2.07. The van der Waals surface area contributed by atoms with Gasteiger partial charge in [-0.25, -0.2) is 8.42 Å². The highest BCUT2D eigenvalue weighted by molar-refractivity contribution is 7.92. The molecule has 0 fully saturated rings. The SMILES string of the molecule is CC[C@@H](C)NC(=O)[C@H](Cc1ccccc1)N(Cc1ccc(C)cc1)C(=O)CN(c1ccccc1OC)S(C)(=O)=O. The number of ether oxygens (including phenoxy) is 1. The number of nitrogens with zero attached hydrogens (tertiary/aromatic N) is 2. The molecule has 8 nitrogen and oxygen atoms in total. The van der Waals surface area contributed by atoms with Gasteiger partial charge < -0.3 is 15.0 Å². The summed E-state index contributed by atoms with van der Waals surface area (Å²) in [5.41, 5.74) is 3.03. The molecule has 0 aliphatic carbocycles. The highest BCUT2D eigenvalue weighted by Crippen LogP contribution is 2.30. The predicted octanol–water partition coefficient (Wildman–Crippen LogP) is 4.32. The molecule has 0 unspecified atom stereocenters. The first-order valence-electron chi connectivity index (χ1n) is 13.3. The van der Waals surface area contributed by atoms with Gasteiger partial charge in [0, 0.05) is 19.0 Å². The Bertz CT molecular complexity index is 1380. The minimum absolute atomic E-state index is 0.0943. The zero-order valence-corrected chi connectivity index (χ0v) is 24.6. The number of benzene rings is 3. The first-order chi connectivity index (χ1) is 19.0. The highest BCUT2D eigenvalue weighted by Gasteiger charge is 2.34. The van der Waals surface area contributed by atoms with Crippen molar-refractivity contribution >= 4 is 27.5 Å². The van der Waals surface area contributed by atoms with Crippen LogP contribution >= 0.6 is 0 Å². The molecule has 2 atom stereocenters. The second-order valence-corrected chi connectivity index (χ2v) is 11.9. The van der Waals surface area contributed by atoms with Gasteiger partial charge >= 0.3 is 0 Å². The minimum atomic E-state index is -3.88. The summed E-state index contributed by atoms with van der Waals surface area (Å²) in [5.74, 6) is -0.472. The molecule has 0 aliphatic rings. The summed E-state index contributed by atoms with van der Waals surface area (Å²) in [4.78, 5) is 29.3. The number of aryl methyl sites for hydroxylation is 1. The smallest absolute Gasteiger partial charge is 0.244 e. The average molecular weight is 566 g/mol. The van der Waals surface area contributed by atoms with E-state index in [9.17, 15) is 18.0 Å². The summed E-state index contributed by atoms with van der Waals surface area (Å²) in [6.45, 7) is 5.50. The topological polar surface area (TPSA) is 96.0 Å². The lowest BCUT2D eigenvalue weighted by atomic mass is 10.0. The molecule has 0 radical (unpaired) electrons. The third-order valence-electron chi connectivity index (χ3n) is 6.78. The van der Waals surface area contributed by atoms with E-state index in [1.54, 1.807) is 24.3 Å². The number of para-hydroxylation sites is 2. The van der Waals surface area contributed by atoms with E-state index in [2.05, 4.69) is 5.32 Å². The highest BCUT2D eigenvalue weighted by atomic mass is 32.2. The molecule has 0 aliphatic heterocycles. The molecule has 0 saturated heterocycles. The lowest BCUT2D eigenvalue weighted by Crippen LogP contribution is -2.54. The molecule has 0 aromatic heterocycles. The lowest BCUT2D eigenvalue weighted by molar-refractivity contribution is -0.140. The van der Waals surface area contributed by atoms with E-state index in [1.165, 1.54) is 12.0 Å². The number of amides is 2. The van der Waals surface area contributed by atoms with Crippen LogP contribution in [-0.2, 0) is 32.6 Å². The van der Waals surface area contributed by atoms with Crippen molar-refractivity contribution in [3.8, 4) is 5.75 Å². The van der Waals surface area contributed by atoms with Gasteiger partial charge in [0.25, 0.3) is 0 Å². The van der Waals surface area contributed by atoms with Crippen molar-refractivity contribution < 1.29 is 22.7 Å². The van der Waals surface area contributed by atoms with Crippen LogP contribution in [0.3, 0.4) is 0 Å². The molecule has 40 heavy (non-hydrogen) atoms. The van der Waals surface area contributed by atoms with Crippen LogP contribution in [0.25, 0.3) is 0 Å². The van der Waals surface area contributed by atoms with E-state index in [0.717, 1.165) is 33.7 Å². The summed E-state index contributed by atoms with van der Waals surface area (Å²) in [6.07, 6.45) is 2.05. The van der Waals surface area contributed by atoms with E-state index < -0.39 is 28.5 Å². The molecule has 0 saturated carbocycles. The fraction of sp³-hybridized carbons (Fsp3) is 0.355. The van der Waals surface area contributed by atoms with Crippen LogP contribution in [-0.4, -0.2) is 57.1 Å². The van der Waals surface area contributed by atoms with Crippen LogP contribution in [0, 0.1) is 6.92 Å². The number of carbonyl (C=O) groups excluding carboxylic acids is 2. The number of anilines is 1. The van der Waals surface area contributed by atoms with Crippen molar-refractivity contribution in [3.05, 3.63) is 95.6 Å². The van der Waals surface area contributed by atoms with Crippen LogP contribution in [0.15, 0.2) is 78.9 Å². The lowest BCUT2D eigenvalue weighted by Gasteiger charge is -2.34. The molecule has 1 N–H and O–H groups in total. The Hall–Kier alpha value is -3.85. The Morgan fingerprint density at radius 1 is 0.925 bits per heavy atom. The average Bonchev–Trinajstić information content (AvgIpc) is 2.94. The fourth-order valence-electron chi connectivity index (χ4n) is 4.32. The van der Waals surface area contributed by atoms with E-state index in [0.29, 0.717) is 5.75 Å². The van der Waals surface area contributed by atoms with Gasteiger partial charge in [0.2, 0.25) is 21.8 Å². The van der Waals surface area contributed by atoms with Crippen LogP contribution in [0.2, 0.25) is 0 Å². The maximum atomic E-state index is 14.1. The molecule has 0 spiro atoms. The van der Waals surface area contributed by atoms with Crippen molar-refractivity contribution in [1.82, 2.24) is 10.2 Å². The van der Waals surface area contributed by atoms with Crippen LogP contribution in [0.4, 0.5) is 5.69 Å². The van der Waals surface area contributed by atoms with E-state index in [4.69, 9.17) is 4.74 Å². The summed E-state index contributed by atoms with van der Waals surface area (Å²) in [7, 11) is -2.44. The van der Waals surface area contributed by atoms with Gasteiger partial charge in [0.05, 0.1) is 19.1 Å². The van der Waals surface area contributed by atoms with Crippen molar-refractivity contribution in [3.63, 3.8) is 0 Å². The fourth-order valence-corrected chi connectivity index (χ4v) is 5.17. The van der Waals surface area contributed by atoms with Crippen LogP contribution in [0.1, 0.15) is 37.0 Å². The Kier molecular flexibility index (Phi) is 10.7. The Morgan fingerprint density at radius 2 is 1.55 bits per heavy atom. The van der Waals surface area contributed by atoms with Crippen molar-refractivity contribution in [2.45, 2.75) is 52.2 Å². The molecule has 9 heteroatoms. The number of carbonyl (C=O) groups is 2. The van der Waals surface area contributed by atoms with Gasteiger partial charge in [-0.1, -0.05) is 79.2 Å². The zero-order valence-electron chi connectivity index (χ0n) is 23.8. The quantitative estimate of drug-likeness (QED) is 0.333. The zero-order chi connectivity index (χ0) is 29.3. The molecule has 214 valence electrons. The number of sulfonamides is 1. The van der Waals surface area contributed by atoms with Gasteiger partial charge in [0.15, 0.2) is 0 Å². The summed E-state index contributed by atoms with van der Waals surface area (Å²) >= 11 is 0. The third-order valence-corrected chi connectivity index (χ3v) is 7.91. The van der Waals surface area contributed by atoms with Crippen molar-refractivity contribution in [1.29, 1.82) is 0 Å². The number of nitrogens with one attached hydrogen (secondary N) is 1. The van der Waals surface area contributed by atoms with Crippen LogP contribution in [0.5, 0.6) is 5.75 Å². The van der Waals surface area contributed by atoms with E-state index >= 15 is 0 Å². The first kappa shape index (κ1) is 30.7. The van der Waals surface area contributed by atoms with Gasteiger partial charge in [-0.05, 0) is 43.5 Å². The summed E-state index contributed by atoms with van der Waals surface area (Å²) in [5, 5.41) is 3.03. The molecular weight excluding hydrogens is 526 g/mol. The minimum Gasteiger partial charge on any atom is -0.495 e. The molecule has 3 aromatic rings. The summed E-state index contributed by atoms with van der Waals surface area (Å²) in [6, 6.07) is 22.9. The maximum absolute atomic E-state index is 14.1. The van der Waals surface area contributed by atoms with Gasteiger partial charge in [-0.3, -0.25) is 13.9 Å². The molecular formula is C31H39N3O5S. The van der Waals surface area contributed by atoms with E-state index in [-0.39, 0.29) is 30.6 Å². The predicted molar refractivity (Wildman–Crippen MR) is 159 cm³/mol. The van der Waals surface area contributed by atoms with Gasteiger partial charge in [-0.15, -0.1) is 0 Å². The third kappa shape index (κ3) is 8.32. The maximum Gasteiger partial charge on any atom is 0.244 e. The normalized spacial score (nSPS) is 12.7. The number of rotatable bonds is 13. The van der Waals surface area contributed by atoms with Gasteiger partial charge in [-0.2, -0.15) is 0 Å². The monoisotopic (exact) mass is 565 g/mol. The van der Waals surface area contributed by atoms with Gasteiger partial charge in [0.1, 0.15) is 18.3 Å². The summed E-state index contributed by atoms with van der Waals surface area (Å²) < 4.78 is 32.3.